The molecule has 96 valence electrons. The van der Waals surface area contributed by atoms with Gasteiger partial charge in [-0.3, -0.25) is 9.59 Å². The Kier molecular flexibility index (Phi) is 4.01. The fourth-order valence-corrected chi connectivity index (χ4v) is 2.20. The van der Waals surface area contributed by atoms with Crippen LogP contribution in [0.5, 0.6) is 0 Å². The molecule has 0 spiro atoms. The molecule has 1 aromatic carbocycles. The lowest BCUT2D eigenvalue weighted by Crippen LogP contribution is -2.44. The quantitative estimate of drug-likeness (QED) is 0.871. The van der Waals surface area contributed by atoms with Crippen LogP contribution in [0.4, 0.5) is 0 Å². The van der Waals surface area contributed by atoms with Crippen molar-refractivity contribution in [2.24, 2.45) is 11.7 Å². The molecule has 4 nitrogen and oxygen atoms in total. The van der Waals surface area contributed by atoms with Gasteiger partial charge in [0.1, 0.15) is 6.04 Å². The van der Waals surface area contributed by atoms with Crippen molar-refractivity contribution in [1.29, 1.82) is 0 Å². The lowest BCUT2D eigenvalue weighted by molar-refractivity contribution is -0.120. The summed E-state index contributed by atoms with van der Waals surface area (Å²) >= 11 is 3.30. The third-order valence-electron chi connectivity index (χ3n) is 3.00. The van der Waals surface area contributed by atoms with E-state index in [0.717, 1.165) is 17.3 Å². The molecule has 5 heteroatoms. The lowest BCUT2D eigenvalue weighted by atomic mass is 10.1. The van der Waals surface area contributed by atoms with E-state index in [4.69, 9.17) is 5.73 Å². The molecule has 1 aliphatic carbocycles. The van der Waals surface area contributed by atoms with E-state index in [9.17, 15) is 9.59 Å². The van der Waals surface area contributed by atoms with E-state index in [1.54, 1.807) is 18.2 Å². The van der Waals surface area contributed by atoms with Gasteiger partial charge in [0.15, 0.2) is 0 Å². The van der Waals surface area contributed by atoms with Crippen LogP contribution in [-0.2, 0) is 4.79 Å². The molecular weight excluding hydrogens is 296 g/mol. The Morgan fingerprint density at radius 1 is 1.44 bits per heavy atom. The van der Waals surface area contributed by atoms with E-state index in [0.29, 0.717) is 17.9 Å². The highest BCUT2D eigenvalue weighted by atomic mass is 79.9. The van der Waals surface area contributed by atoms with Crippen LogP contribution in [0.15, 0.2) is 28.7 Å². The van der Waals surface area contributed by atoms with Crippen LogP contribution >= 0.6 is 15.9 Å². The molecule has 1 aromatic rings. The van der Waals surface area contributed by atoms with Crippen molar-refractivity contribution in [3.8, 4) is 0 Å². The Bertz CT molecular complexity index is 472. The molecule has 2 rings (SSSR count). The topological polar surface area (TPSA) is 72.2 Å². The van der Waals surface area contributed by atoms with Crippen molar-refractivity contribution < 1.29 is 9.59 Å². The first-order valence-electron chi connectivity index (χ1n) is 5.92. The fourth-order valence-electron chi connectivity index (χ4n) is 1.80. The summed E-state index contributed by atoms with van der Waals surface area (Å²) in [7, 11) is 0. The largest absolute Gasteiger partial charge is 0.368 e. The second-order valence-electron chi connectivity index (χ2n) is 4.62. The molecule has 0 radical (unpaired) electrons. The van der Waals surface area contributed by atoms with Gasteiger partial charge in [0.05, 0.1) is 0 Å². The van der Waals surface area contributed by atoms with Gasteiger partial charge in [0.25, 0.3) is 5.91 Å². The summed E-state index contributed by atoms with van der Waals surface area (Å²) in [5.41, 5.74) is 5.83. The second kappa shape index (κ2) is 5.52. The van der Waals surface area contributed by atoms with Crippen molar-refractivity contribution in [2.45, 2.75) is 25.3 Å². The average Bonchev–Trinajstić information content (AvgIpc) is 3.12. The smallest absolute Gasteiger partial charge is 0.251 e. The maximum Gasteiger partial charge on any atom is 0.251 e. The zero-order valence-corrected chi connectivity index (χ0v) is 11.4. The van der Waals surface area contributed by atoms with Gasteiger partial charge in [-0.05, 0) is 30.5 Å². The number of halogens is 1. The number of benzene rings is 1. The minimum Gasteiger partial charge on any atom is -0.368 e. The molecule has 0 aromatic heterocycles. The number of carbonyl (C=O) groups is 2. The number of nitrogens with one attached hydrogen (secondary N) is 1. The molecule has 1 saturated carbocycles. The number of hydrogen-bond donors (Lipinski definition) is 2. The monoisotopic (exact) mass is 310 g/mol. The Labute approximate surface area is 114 Å². The zero-order valence-electron chi connectivity index (χ0n) is 9.86. The highest BCUT2D eigenvalue weighted by Crippen LogP contribution is 2.33. The van der Waals surface area contributed by atoms with E-state index < -0.39 is 11.9 Å². The van der Waals surface area contributed by atoms with Gasteiger partial charge in [0, 0.05) is 10.0 Å². The van der Waals surface area contributed by atoms with Crippen molar-refractivity contribution in [3.05, 3.63) is 34.3 Å². The van der Waals surface area contributed by atoms with Gasteiger partial charge in [0.2, 0.25) is 5.91 Å². The maximum atomic E-state index is 12.0. The predicted octanol–water partition coefficient (Wildman–Crippen LogP) is 1.83. The molecule has 0 saturated heterocycles. The van der Waals surface area contributed by atoms with Gasteiger partial charge in [-0.1, -0.05) is 34.8 Å². The second-order valence-corrected chi connectivity index (χ2v) is 5.53. The highest BCUT2D eigenvalue weighted by Gasteiger charge is 2.29. The van der Waals surface area contributed by atoms with E-state index in [1.165, 1.54) is 0 Å². The first kappa shape index (κ1) is 13.1. The summed E-state index contributed by atoms with van der Waals surface area (Å²) in [5.74, 6) is -0.198. The third kappa shape index (κ3) is 3.57. The number of carbonyl (C=O) groups excluding carboxylic acids is 2. The molecule has 2 amide bonds. The van der Waals surface area contributed by atoms with Gasteiger partial charge in [-0.2, -0.15) is 0 Å². The van der Waals surface area contributed by atoms with E-state index in [-0.39, 0.29) is 5.91 Å². The molecule has 18 heavy (non-hydrogen) atoms. The van der Waals surface area contributed by atoms with Crippen LogP contribution in [0, 0.1) is 5.92 Å². The minimum absolute atomic E-state index is 0.263. The highest BCUT2D eigenvalue weighted by molar-refractivity contribution is 9.10. The molecule has 1 fully saturated rings. The van der Waals surface area contributed by atoms with Crippen molar-refractivity contribution in [1.82, 2.24) is 5.32 Å². The molecule has 1 aliphatic rings. The number of primary amides is 1. The van der Waals surface area contributed by atoms with Crippen LogP contribution in [-0.4, -0.2) is 17.9 Å². The molecule has 0 bridgehead atoms. The summed E-state index contributed by atoms with van der Waals surface area (Å²) < 4.78 is 0.827. The molecule has 0 aliphatic heterocycles. The number of hydrogen-bond acceptors (Lipinski definition) is 2. The summed E-state index contributed by atoms with van der Waals surface area (Å²) in [6.45, 7) is 0. The summed E-state index contributed by atoms with van der Waals surface area (Å²) in [6.07, 6.45) is 2.89. The Morgan fingerprint density at radius 2 is 2.17 bits per heavy atom. The Morgan fingerprint density at radius 3 is 2.72 bits per heavy atom. The van der Waals surface area contributed by atoms with Gasteiger partial charge < -0.3 is 11.1 Å². The standard InChI is InChI=1S/C13H15BrN2O2/c14-10-3-1-2-9(7-10)13(18)16-11(12(15)17)6-8-4-5-8/h1-3,7-8,11H,4-6H2,(H2,15,17)(H,16,18)/t11-/m1/s1. The van der Waals surface area contributed by atoms with Crippen molar-refractivity contribution in [3.63, 3.8) is 0 Å². The van der Waals surface area contributed by atoms with E-state index in [2.05, 4.69) is 21.2 Å². The molecule has 0 unspecified atom stereocenters. The van der Waals surface area contributed by atoms with Crippen LogP contribution in [0.1, 0.15) is 29.6 Å². The van der Waals surface area contributed by atoms with Crippen molar-refractivity contribution in [2.75, 3.05) is 0 Å². The van der Waals surface area contributed by atoms with Gasteiger partial charge >= 0.3 is 0 Å². The zero-order chi connectivity index (χ0) is 13.1. The van der Waals surface area contributed by atoms with Gasteiger partial charge in [-0.15, -0.1) is 0 Å². The number of amides is 2. The molecule has 1 atom stereocenters. The van der Waals surface area contributed by atoms with Crippen LogP contribution in [0.25, 0.3) is 0 Å². The summed E-state index contributed by atoms with van der Waals surface area (Å²) in [5, 5.41) is 2.70. The van der Waals surface area contributed by atoms with Crippen LogP contribution in [0.3, 0.4) is 0 Å². The summed E-state index contributed by atoms with van der Waals surface area (Å²) in [6, 6.07) is 6.47. The first-order chi connectivity index (χ1) is 8.56. The van der Waals surface area contributed by atoms with E-state index >= 15 is 0 Å². The molecular formula is C13H15BrN2O2. The lowest BCUT2D eigenvalue weighted by Gasteiger charge is -2.15. The number of rotatable bonds is 5. The van der Waals surface area contributed by atoms with E-state index in [1.807, 2.05) is 6.07 Å². The average molecular weight is 311 g/mol. The van der Waals surface area contributed by atoms with Crippen LogP contribution < -0.4 is 11.1 Å². The Hall–Kier alpha value is -1.36. The molecule has 3 N–H and O–H groups in total. The van der Waals surface area contributed by atoms with Gasteiger partial charge in [-0.25, -0.2) is 0 Å². The minimum atomic E-state index is -0.566. The Balaban J connectivity index is 2.01. The number of nitrogens with two attached hydrogens (primary N) is 1. The predicted molar refractivity (Wildman–Crippen MR) is 71.9 cm³/mol. The molecule has 0 heterocycles. The van der Waals surface area contributed by atoms with Crippen molar-refractivity contribution >= 4 is 27.7 Å². The third-order valence-corrected chi connectivity index (χ3v) is 3.49. The van der Waals surface area contributed by atoms with Crippen LogP contribution in [0.2, 0.25) is 0 Å². The normalized spacial score (nSPS) is 16.1. The first-order valence-corrected chi connectivity index (χ1v) is 6.71. The maximum absolute atomic E-state index is 12.0. The fraction of sp³-hybridized carbons (Fsp3) is 0.385. The SMILES string of the molecule is NC(=O)[C@@H](CC1CC1)NC(=O)c1cccc(Br)c1. The summed E-state index contributed by atoms with van der Waals surface area (Å²) in [4.78, 5) is 23.3.